The highest BCUT2D eigenvalue weighted by Gasteiger charge is 2.22. The second-order valence-corrected chi connectivity index (χ2v) is 5.24. The first-order chi connectivity index (χ1) is 10.3. The van der Waals surface area contributed by atoms with E-state index in [0.717, 1.165) is 31.7 Å². The lowest BCUT2D eigenvalue weighted by molar-refractivity contribution is -0.122. The molecular weight excluding hydrogens is 266 g/mol. The zero-order valence-electron chi connectivity index (χ0n) is 11.9. The van der Waals surface area contributed by atoms with Crippen LogP contribution in [0, 0.1) is 0 Å². The van der Waals surface area contributed by atoms with E-state index in [9.17, 15) is 4.79 Å². The molecule has 1 saturated heterocycles. The van der Waals surface area contributed by atoms with Crippen molar-refractivity contribution in [1.29, 1.82) is 0 Å². The molecule has 1 unspecified atom stereocenters. The van der Waals surface area contributed by atoms with E-state index in [1.165, 1.54) is 0 Å². The average Bonchev–Trinajstić information content (AvgIpc) is 3.01. The van der Waals surface area contributed by atoms with Gasteiger partial charge in [0.15, 0.2) is 0 Å². The van der Waals surface area contributed by atoms with E-state index >= 15 is 0 Å². The Morgan fingerprint density at radius 2 is 2.29 bits per heavy atom. The number of carbonyl (C=O) groups excluding carboxylic acids is 1. The normalized spacial score (nSPS) is 18.5. The molecule has 2 aromatic rings. The van der Waals surface area contributed by atoms with Gasteiger partial charge in [-0.1, -0.05) is 6.07 Å². The summed E-state index contributed by atoms with van der Waals surface area (Å²) in [6.45, 7) is 2.07. The third-order valence-corrected chi connectivity index (χ3v) is 3.62. The van der Waals surface area contributed by atoms with Crippen LogP contribution >= 0.6 is 0 Å². The van der Waals surface area contributed by atoms with Gasteiger partial charge in [-0.05, 0) is 31.0 Å². The van der Waals surface area contributed by atoms with E-state index in [-0.39, 0.29) is 18.5 Å². The van der Waals surface area contributed by atoms with Crippen molar-refractivity contribution in [2.75, 3.05) is 18.0 Å². The number of hydrogen-bond donors (Lipinski definition) is 1. The number of anilines is 1. The van der Waals surface area contributed by atoms with E-state index in [0.29, 0.717) is 0 Å². The molecule has 110 valence electrons. The van der Waals surface area contributed by atoms with E-state index < -0.39 is 0 Å². The van der Waals surface area contributed by atoms with Crippen LogP contribution in [0.25, 0.3) is 0 Å². The third-order valence-electron chi connectivity index (χ3n) is 3.62. The monoisotopic (exact) mass is 285 g/mol. The predicted molar refractivity (Wildman–Crippen MR) is 79.8 cm³/mol. The maximum Gasteiger partial charge on any atom is 0.242 e. The minimum absolute atomic E-state index is 0.00608. The largest absolute Gasteiger partial charge is 0.355 e. The summed E-state index contributed by atoms with van der Waals surface area (Å²) in [5.41, 5.74) is 0. The van der Waals surface area contributed by atoms with Crippen LogP contribution in [0.3, 0.4) is 0 Å². The van der Waals surface area contributed by atoms with Crippen molar-refractivity contribution in [1.82, 2.24) is 20.1 Å². The molecule has 3 heterocycles. The van der Waals surface area contributed by atoms with Crippen molar-refractivity contribution < 1.29 is 4.79 Å². The predicted octanol–water partition coefficient (Wildman–Crippen LogP) is 1.06. The van der Waals surface area contributed by atoms with Gasteiger partial charge in [0, 0.05) is 37.7 Å². The Hall–Kier alpha value is -2.37. The van der Waals surface area contributed by atoms with E-state index in [1.807, 2.05) is 24.3 Å². The van der Waals surface area contributed by atoms with Crippen molar-refractivity contribution >= 4 is 11.7 Å². The highest BCUT2D eigenvalue weighted by Crippen LogP contribution is 2.17. The van der Waals surface area contributed by atoms with Crippen LogP contribution in [0.5, 0.6) is 0 Å². The standard InChI is InChI=1S/C15H19N5O/c21-15(12-20-10-4-8-17-20)18-13-5-3-9-19(11-13)14-6-1-2-7-16-14/h1-2,4,6-8,10,13H,3,5,9,11-12H2,(H,18,21). The van der Waals surface area contributed by atoms with Gasteiger partial charge in [-0.25, -0.2) is 4.98 Å². The quantitative estimate of drug-likeness (QED) is 0.912. The van der Waals surface area contributed by atoms with Gasteiger partial charge in [-0.3, -0.25) is 9.48 Å². The molecule has 0 bridgehead atoms. The first-order valence-corrected chi connectivity index (χ1v) is 7.24. The third kappa shape index (κ3) is 3.59. The number of rotatable bonds is 4. The molecule has 3 rings (SSSR count). The first kappa shape index (κ1) is 13.6. The number of aromatic nitrogens is 3. The van der Waals surface area contributed by atoms with Crippen LogP contribution in [-0.2, 0) is 11.3 Å². The number of amides is 1. The van der Waals surface area contributed by atoms with Gasteiger partial charge in [-0.15, -0.1) is 0 Å². The van der Waals surface area contributed by atoms with E-state index in [1.54, 1.807) is 23.3 Å². The molecule has 0 aromatic carbocycles. The molecule has 0 radical (unpaired) electrons. The van der Waals surface area contributed by atoms with E-state index in [4.69, 9.17) is 0 Å². The smallest absolute Gasteiger partial charge is 0.242 e. The molecule has 21 heavy (non-hydrogen) atoms. The van der Waals surface area contributed by atoms with Crippen molar-refractivity contribution in [2.45, 2.75) is 25.4 Å². The van der Waals surface area contributed by atoms with E-state index in [2.05, 4.69) is 20.3 Å². The second-order valence-electron chi connectivity index (χ2n) is 5.24. The molecule has 1 aliphatic rings. The Kier molecular flexibility index (Phi) is 4.14. The summed E-state index contributed by atoms with van der Waals surface area (Å²) in [6.07, 6.45) is 7.34. The van der Waals surface area contributed by atoms with Crippen LogP contribution in [0.15, 0.2) is 42.9 Å². The number of nitrogens with one attached hydrogen (secondary N) is 1. The molecule has 0 spiro atoms. The van der Waals surface area contributed by atoms with Crippen LogP contribution in [0.4, 0.5) is 5.82 Å². The van der Waals surface area contributed by atoms with Gasteiger partial charge in [0.2, 0.25) is 5.91 Å². The summed E-state index contributed by atoms with van der Waals surface area (Å²) in [4.78, 5) is 18.6. The topological polar surface area (TPSA) is 63.1 Å². The lowest BCUT2D eigenvalue weighted by atomic mass is 10.1. The minimum atomic E-state index is 0.00608. The highest BCUT2D eigenvalue weighted by molar-refractivity contribution is 5.76. The van der Waals surface area contributed by atoms with Crippen molar-refractivity contribution in [3.05, 3.63) is 42.9 Å². The molecule has 1 atom stereocenters. The lowest BCUT2D eigenvalue weighted by Crippen LogP contribution is -2.48. The Labute approximate surface area is 123 Å². The van der Waals surface area contributed by atoms with Crippen LogP contribution in [0.2, 0.25) is 0 Å². The summed E-state index contributed by atoms with van der Waals surface area (Å²) >= 11 is 0. The SMILES string of the molecule is O=C(Cn1cccn1)NC1CCCN(c2ccccn2)C1. The summed E-state index contributed by atoms with van der Waals surface area (Å²) in [5.74, 6) is 0.982. The molecular formula is C15H19N5O. The number of piperidine rings is 1. The molecule has 1 amide bonds. The van der Waals surface area contributed by atoms with Crippen LogP contribution < -0.4 is 10.2 Å². The zero-order valence-corrected chi connectivity index (χ0v) is 11.9. The summed E-state index contributed by atoms with van der Waals surface area (Å²) in [5, 5.41) is 7.13. The lowest BCUT2D eigenvalue weighted by Gasteiger charge is -2.33. The zero-order chi connectivity index (χ0) is 14.5. The maximum absolute atomic E-state index is 12.0. The van der Waals surface area contributed by atoms with Crippen molar-refractivity contribution in [3.63, 3.8) is 0 Å². The average molecular weight is 285 g/mol. The molecule has 1 fully saturated rings. The summed E-state index contributed by atoms with van der Waals surface area (Å²) < 4.78 is 1.63. The Balaban J connectivity index is 1.55. The summed E-state index contributed by atoms with van der Waals surface area (Å²) in [6, 6.07) is 7.90. The Morgan fingerprint density at radius 1 is 1.33 bits per heavy atom. The Morgan fingerprint density at radius 3 is 3.05 bits per heavy atom. The molecule has 6 heteroatoms. The first-order valence-electron chi connectivity index (χ1n) is 7.24. The fourth-order valence-corrected chi connectivity index (χ4v) is 2.66. The Bertz CT molecular complexity index is 569. The summed E-state index contributed by atoms with van der Waals surface area (Å²) in [7, 11) is 0. The number of pyridine rings is 1. The van der Waals surface area contributed by atoms with Crippen molar-refractivity contribution in [2.24, 2.45) is 0 Å². The maximum atomic E-state index is 12.0. The molecule has 6 nitrogen and oxygen atoms in total. The minimum Gasteiger partial charge on any atom is -0.355 e. The van der Waals surface area contributed by atoms with Gasteiger partial charge in [0.25, 0.3) is 0 Å². The fourth-order valence-electron chi connectivity index (χ4n) is 2.66. The fraction of sp³-hybridized carbons (Fsp3) is 0.400. The number of carbonyl (C=O) groups is 1. The number of hydrogen-bond acceptors (Lipinski definition) is 4. The van der Waals surface area contributed by atoms with Gasteiger partial charge in [-0.2, -0.15) is 5.10 Å². The molecule has 2 aromatic heterocycles. The van der Waals surface area contributed by atoms with Gasteiger partial charge in [0.1, 0.15) is 12.4 Å². The van der Waals surface area contributed by atoms with Gasteiger partial charge >= 0.3 is 0 Å². The molecule has 1 N–H and O–H groups in total. The van der Waals surface area contributed by atoms with Crippen LogP contribution in [-0.4, -0.2) is 39.8 Å². The van der Waals surface area contributed by atoms with Gasteiger partial charge in [0.05, 0.1) is 0 Å². The highest BCUT2D eigenvalue weighted by atomic mass is 16.2. The molecule has 1 aliphatic heterocycles. The van der Waals surface area contributed by atoms with Crippen molar-refractivity contribution in [3.8, 4) is 0 Å². The van der Waals surface area contributed by atoms with Gasteiger partial charge < -0.3 is 10.2 Å². The molecule has 0 aliphatic carbocycles. The second kappa shape index (κ2) is 6.39. The van der Waals surface area contributed by atoms with Crippen LogP contribution in [0.1, 0.15) is 12.8 Å². The number of nitrogens with zero attached hydrogens (tertiary/aromatic N) is 4. The molecule has 0 saturated carbocycles.